The van der Waals surface area contributed by atoms with Crippen LogP contribution in [0, 0.1) is 0 Å². The number of carbonyl (C=O) groups is 1. The molecule has 1 amide bonds. The molecule has 0 radical (unpaired) electrons. The molecule has 0 aliphatic heterocycles. The van der Waals surface area contributed by atoms with Gasteiger partial charge in [0.15, 0.2) is 0 Å². The molecule has 1 aromatic rings. The van der Waals surface area contributed by atoms with Crippen LogP contribution < -0.4 is 5.32 Å². The van der Waals surface area contributed by atoms with Gasteiger partial charge in [0.25, 0.3) is 5.91 Å². The Morgan fingerprint density at radius 3 is 2.55 bits per heavy atom. The average Bonchev–Trinajstić information content (AvgIpc) is 2.90. The van der Waals surface area contributed by atoms with Crippen molar-refractivity contribution >= 4 is 15.9 Å². The van der Waals surface area contributed by atoms with Crippen molar-refractivity contribution in [2.75, 3.05) is 19.7 Å². The predicted molar refractivity (Wildman–Crippen MR) is 74.9 cm³/mol. The van der Waals surface area contributed by atoms with Crippen LogP contribution in [0.15, 0.2) is 17.2 Å². The van der Waals surface area contributed by atoms with E-state index in [-0.39, 0.29) is 17.2 Å². The van der Waals surface area contributed by atoms with Crippen LogP contribution in [0.2, 0.25) is 0 Å². The Labute approximate surface area is 119 Å². The molecule has 1 aromatic heterocycles. The number of aliphatic hydroxyl groups excluding tert-OH is 1. The van der Waals surface area contributed by atoms with Gasteiger partial charge in [0.2, 0.25) is 10.0 Å². The zero-order valence-electron chi connectivity index (χ0n) is 11.9. The molecule has 0 aliphatic carbocycles. The van der Waals surface area contributed by atoms with Crippen LogP contribution in [0.4, 0.5) is 0 Å². The summed E-state index contributed by atoms with van der Waals surface area (Å²) in [6.07, 6.45) is 1.30. The van der Waals surface area contributed by atoms with Gasteiger partial charge in [0, 0.05) is 25.3 Å². The molecule has 1 heterocycles. The molecule has 114 valence electrons. The zero-order chi connectivity index (χ0) is 15.3. The summed E-state index contributed by atoms with van der Waals surface area (Å²) in [7, 11) is -3.58. The van der Waals surface area contributed by atoms with Crippen molar-refractivity contribution in [3.63, 3.8) is 0 Å². The summed E-state index contributed by atoms with van der Waals surface area (Å²) in [5.74, 6) is -0.451. The van der Waals surface area contributed by atoms with Gasteiger partial charge in [-0.1, -0.05) is 13.8 Å². The highest BCUT2D eigenvalue weighted by molar-refractivity contribution is 7.89. The van der Waals surface area contributed by atoms with Crippen LogP contribution in [-0.4, -0.2) is 54.5 Å². The van der Waals surface area contributed by atoms with Gasteiger partial charge in [0.05, 0.1) is 6.61 Å². The second kappa shape index (κ2) is 6.87. The summed E-state index contributed by atoms with van der Waals surface area (Å²) in [5.41, 5.74) is 0.149. The zero-order valence-corrected chi connectivity index (χ0v) is 12.7. The van der Waals surface area contributed by atoms with E-state index < -0.39 is 22.0 Å². The standard InChI is InChI=1S/C12H21N3O4S/c1-4-15(5-2)20(18,19)10-6-11(13-7-10)12(17)14-9(3)8-16/h6-7,9,13,16H,4-5,8H2,1-3H3,(H,14,17). The lowest BCUT2D eigenvalue weighted by Gasteiger charge is -2.17. The number of nitrogens with zero attached hydrogens (tertiary/aromatic N) is 1. The van der Waals surface area contributed by atoms with Crippen molar-refractivity contribution < 1.29 is 18.3 Å². The molecule has 8 heteroatoms. The molecule has 0 aliphatic rings. The number of hydrogen-bond donors (Lipinski definition) is 3. The first-order valence-corrected chi connectivity index (χ1v) is 7.91. The molecule has 1 unspecified atom stereocenters. The Balaban J connectivity index is 2.95. The third-order valence-corrected chi connectivity index (χ3v) is 4.92. The minimum Gasteiger partial charge on any atom is -0.394 e. The fourth-order valence-corrected chi connectivity index (χ4v) is 3.17. The highest BCUT2D eigenvalue weighted by atomic mass is 32.2. The second-order valence-electron chi connectivity index (χ2n) is 4.40. The minimum absolute atomic E-state index is 0.0583. The Hall–Kier alpha value is -1.38. The topological polar surface area (TPSA) is 103 Å². The van der Waals surface area contributed by atoms with E-state index in [2.05, 4.69) is 10.3 Å². The van der Waals surface area contributed by atoms with Crippen LogP contribution in [0.3, 0.4) is 0 Å². The van der Waals surface area contributed by atoms with Crippen LogP contribution >= 0.6 is 0 Å². The number of carbonyl (C=O) groups excluding carboxylic acids is 1. The monoisotopic (exact) mass is 303 g/mol. The van der Waals surface area contributed by atoms with Crippen molar-refractivity contribution in [3.05, 3.63) is 18.0 Å². The maximum Gasteiger partial charge on any atom is 0.268 e. The molecule has 1 rings (SSSR count). The summed E-state index contributed by atoms with van der Waals surface area (Å²) >= 11 is 0. The lowest BCUT2D eigenvalue weighted by molar-refractivity contribution is 0.0918. The van der Waals surface area contributed by atoms with E-state index in [1.807, 2.05) is 0 Å². The number of hydrogen-bond acceptors (Lipinski definition) is 4. The Bertz CT molecular complexity index is 549. The predicted octanol–water partition coefficient (Wildman–Crippen LogP) is 0.156. The molecule has 3 N–H and O–H groups in total. The van der Waals surface area contributed by atoms with Crippen molar-refractivity contribution in [1.82, 2.24) is 14.6 Å². The fourth-order valence-electron chi connectivity index (χ4n) is 1.71. The number of sulfonamides is 1. The molecule has 0 saturated heterocycles. The van der Waals surface area contributed by atoms with Gasteiger partial charge in [-0.3, -0.25) is 4.79 Å². The van der Waals surface area contributed by atoms with E-state index >= 15 is 0 Å². The molecule has 7 nitrogen and oxygen atoms in total. The van der Waals surface area contributed by atoms with E-state index in [0.29, 0.717) is 13.1 Å². The summed E-state index contributed by atoms with van der Waals surface area (Å²) in [6, 6.07) is 0.904. The SMILES string of the molecule is CCN(CC)S(=O)(=O)c1c[nH]c(C(=O)NC(C)CO)c1. The average molecular weight is 303 g/mol. The first-order valence-electron chi connectivity index (χ1n) is 6.47. The number of rotatable bonds is 7. The molecule has 0 saturated carbocycles. The maximum absolute atomic E-state index is 12.2. The third-order valence-electron chi connectivity index (χ3n) is 2.90. The van der Waals surface area contributed by atoms with Gasteiger partial charge in [0.1, 0.15) is 10.6 Å². The van der Waals surface area contributed by atoms with Crippen LogP contribution in [0.1, 0.15) is 31.3 Å². The van der Waals surface area contributed by atoms with E-state index in [0.717, 1.165) is 0 Å². The summed E-state index contributed by atoms with van der Waals surface area (Å²) < 4.78 is 25.8. The molecular formula is C12H21N3O4S. The van der Waals surface area contributed by atoms with Gasteiger partial charge in [-0.25, -0.2) is 8.42 Å². The summed E-state index contributed by atoms with van der Waals surface area (Å²) in [5, 5.41) is 11.4. The van der Waals surface area contributed by atoms with E-state index in [4.69, 9.17) is 5.11 Å². The highest BCUT2D eigenvalue weighted by Crippen LogP contribution is 2.16. The van der Waals surface area contributed by atoms with Crippen LogP contribution in [0.25, 0.3) is 0 Å². The minimum atomic E-state index is -3.58. The van der Waals surface area contributed by atoms with Crippen LogP contribution in [-0.2, 0) is 10.0 Å². The van der Waals surface area contributed by atoms with Crippen LogP contribution in [0.5, 0.6) is 0 Å². The molecule has 20 heavy (non-hydrogen) atoms. The largest absolute Gasteiger partial charge is 0.394 e. The number of amides is 1. The highest BCUT2D eigenvalue weighted by Gasteiger charge is 2.24. The van der Waals surface area contributed by atoms with Gasteiger partial charge in [-0.2, -0.15) is 4.31 Å². The van der Waals surface area contributed by atoms with Crippen molar-refractivity contribution in [2.24, 2.45) is 0 Å². The summed E-state index contributed by atoms with van der Waals surface area (Å²) in [4.78, 5) is 14.5. The molecule has 0 bridgehead atoms. The van der Waals surface area contributed by atoms with Gasteiger partial charge < -0.3 is 15.4 Å². The quantitative estimate of drug-likeness (QED) is 0.667. The first-order chi connectivity index (χ1) is 9.36. The van der Waals surface area contributed by atoms with Crippen molar-refractivity contribution in [3.8, 4) is 0 Å². The van der Waals surface area contributed by atoms with E-state index in [1.165, 1.54) is 16.6 Å². The molecule has 1 atom stereocenters. The second-order valence-corrected chi connectivity index (χ2v) is 6.33. The maximum atomic E-state index is 12.2. The number of aromatic amines is 1. The Kier molecular flexibility index (Phi) is 5.73. The van der Waals surface area contributed by atoms with E-state index in [1.54, 1.807) is 20.8 Å². The van der Waals surface area contributed by atoms with Gasteiger partial charge in [-0.05, 0) is 13.0 Å². The van der Waals surface area contributed by atoms with E-state index in [9.17, 15) is 13.2 Å². The lowest BCUT2D eigenvalue weighted by Crippen LogP contribution is -2.35. The molecule has 0 aromatic carbocycles. The van der Waals surface area contributed by atoms with Crippen molar-refractivity contribution in [1.29, 1.82) is 0 Å². The number of aromatic nitrogens is 1. The molecular weight excluding hydrogens is 282 g/mol. The molecule has 0 fully saturated rings. The number of nitrogens with one attached hydrogen (secondary N) is 2. The normalized spacial score (nSPS) is 13.4. The van der Waals surface area contributed by atoms with Gasteiger partial charge >= 0.3 is 0 Å². The van der Waals surface area contributed by atoms with Gasteiger partial charge in [-0.15, -0.1) is 0 Å². The number of aliphatic hydroxyl groups is 1. The Morgan fingerprint density at radius 2 is 2.05 bits per heavy atom. The summed E-state index contributed by atoms with van der Waals surface area (Å²) in [6.45, 7) is 5.71. The third kappa shape index (κ3) is 3.59. The Morgan fingerprint density at radius 1 is 1.45 bits per heavy atom. The lowest BCUT2D eigenvalue weighted by atomic mass is 10.3. The van der Waals surface area contributed by atoms with Crippen molar-refractivity contribution in [2.45, 2.75) is 31.7 Å². The molecule has 0 spiro atoms. The smallest absolute Gasteiger partial charge is 0.268 e. The first kappa shape index (κ1) is 16.7. The fraction of sp³-hybridized carbons (Fsp3) is 0.583. The number of H-pyrrole nitrogens is 1.